The van der Waals surface area contributed by atoms with Crippen molar-refractivity contribution >= 4 is 40.0 Å². The largest absolute Gasteiger partial charge is 0.364 e. The summed E-state index contributed by atoms with van der Waals surface area (Å²) in [5.41, 5.74) is 0.437. The van der Waals surface area contributed by atoms with Crippen LogP contribution >= 0.6 is 24.0 Å². The first-order valence-corrected chi connectivity index (χ1v) is 11.6. The van der Waals surface area contributed by atoms with Crippen molar-refractivity contribution in [3.05, 3.63) is 18.0 Å². The van der Waals surface area contributed by atoms with Crippen molar-refractivity contribution in [1.82, 2.24) is 24.6 Å². The molecule has 11 heteroatoms. The van der Waals surface area contributed by atoms with Gasteiger partial charge in [0.15, 0.2) is 5.96 Å². The molecule has 1 aliphatic heterocycles. The Labute approximate surface area is 190 Å². The second-order valence-electron chi connectivity index (χ2n) is 7.70. The van der Waals surface area contributed by atoms with E-state index in [2.05, 4.69) is 41.3 Å². The number of hydrogen-bond donors (Lipinski definition) is 1. The highest BCUT2D eigenvalue weighted by Gasteiger charge is 2.33. The first-order valence-electron chi connectivity index (χ1n) is 9.97. The number of halogens is 1. The predicted octanol–water partition coefficient (Wildman–Crippen LogP) is 1.05. The fourth-order valence-electron chi connectivity index (χ4n) is 3.59. The Morgan fingerprint density at radius 3 is 2.55 bits per heavy atom. The third-order valence-electron chi connectivity index (χ3n) is 5.35. The van der Waals surface area contributed by atoms with Crippen LogP contribution in [0.1, 0.15) is 25.5 Å². The van der Waals surface area contributed by atoms with Gasteiger partial charge in [-0.15, -0.1) is 24.0 Å². The van der Waals surface area contributed by atoms with Crippen LogP contribution in [0.3, 0.4) is 0 Å². The summed E-state index contributed by atoms with van der Waals surface area (Å²) in [7, 11) is 0.840. The summed E-state index contributed by atoms with van der Waals surface area (Å²) in [4.78, 5) is 9.29. The molecule has 3 rings (SSSR count). The van der Waals surface area contributed by atoms with Gasteiger partial charge in [0, 0.05) is 44.8 Å². The van der Waals surface area contributed by atoms with Crippen LogP contribution in [0.25, 0.3) is 0 Å². The number of guanidine groups is 1. The van der Waals surface area contributed by atoms with E-state index < -0.39 is 10.0 Å². The first-order chi connectivity index (χ1) is 13.4. The van der Waals surface area contributed by atoms with Gasteiger partial charge in [-0.1, -0.05) is 5.16 Å². The topological polar surface area (TPSA) is 94.3 Å². The van der Waals surface area contributed by atoms with Gasteiger partial charge in [-0.2, -0.15) is 4.31 Å². The molecule has 1 saturated heterocycles. The van der Waals surface area contributed by atoms with Gasteiger partial charge in [-0.3, -0.25) is 4.99 Å². The molecule has 0 aromatic carbocycles. The third-order valence-corrected chi connectivity index (χ3v) is 7.16. The predicted molar refractivity (Wildman–Crippen MR) is 124 cm³/mol. The van der Waals surface area contributed by atoms with Crippen LogP contribution in [0, 0.1) is 5.92 Å². The lowest BCUT2D eigenvalue weighted by Gasteiger charge is -2.36. The molecule has 166 valence electrons. The molecule has 2 heterocycles. The van der Waals surface area contributed by atoms with Crippen LogP contribution in [-0.4, -0.2) is 93.0 Å². The monoisotopic (exact) mass is 540 g/mol. The molecule has 1 saturated carbocycles. The molecular weight excluding hydrogens is 507 g/mol. The maximum Gasteiger partial charge on any atom is 0.220 e. The number of likely N-dealkylation sites (N-methyl/N-ethyl adjacent to an activating group) is 1. The lowest BCUT2D eigenvalue weighted by molar-refractivity contribution is 0.253. The standard InChI is InChI=1S/C18H32N6O3S.HI/c1-4-19-18(20-13-17(22(2)3)15-5-6-15)23-8-10-24(11-9-23)28(25,26)14-16-7-12-27-21-16;/h7,12,15,17H,4-6,8-11,13-14H2,1-3H3,(H,19,20);1H. The summed E-state index contributed by atoms with van der Waals surface area (Å²) in [5, 5.41) is 7.08. The summed E-state index contributed by atoms with van der Waals surface area (Å²) in [6, 6.07) is 2.06. The second kappa shape index (κ2) is 10.9. The molecule has 0 radical (unpaired) electrons. The van der Waals surface area contributed by atoms with Crippen molar-refractivity contribution in [3.63, 3.8) is 0 Å². The fourth-order valence-corrected chi connectivity index (χ4v) is 5.01. The molecular formula is C18H33IN6O3S. The van der Waals surface area contributed by atoms with Crippen LogP contribution in [0.4, 0.5) is 0 Å². The normalized spacial score (nSPS) is 19.9. The second-order valence-corrected chi connectivity index (χ2v) is 9.67. The molecule has 1 aromatic rings. The summed E-state index contributed by atoms with van der Waals surface area (Å²) in [6.07, 6.45) is 3.97. The van der Waals surface area contributed by atoms with Gasteiger partial charge in [0.05, 0.1) is 12.2 Å². The minimum absolute atomic E-state index is 0. The van der Waals surface area contributed by atoms with Crippen LogP contribution in [0.5, 0.6) is 0 Å². The van der Waals surface area contributed by atoms with Gasteiger partial charge < -0.3 is 19.6 Å². The molecule has 1 N–H and O–H groups in total. The maximum atomic E-state index is 12.6. The van der Waals surface area contributed by atoms with Gasteiger partial charge in [0.1, 0.15) is 12.0 Å². The highest BCUT2D eigenvalue weighted by atomic mass is 127. The molecule has 0 bridgehead atoms. The molecule has 29 heavy (non-hydrogen) atoms. The molecule has 0 amide bonds. The number of nitrogens with one attached hydrogen (secondary N) is 1. The van der Waals surface area contributed by atoms with Crippen LogP contribution in [0.2, 0.25) is 0 Å². The highest BCUT2D eigenvalue weighted by molar-refractivity contribution is 14.0. The Bertz CT molecular complexity index is 742. The average molecular weight is 540 g/mol. The summed E-state index contributed by atoms with van der Waals surface area (Å²) < 4.78 is 31.5. The van der Waals surface area contributed by atoms with Crippen molar-refractivity contribution in [2.45, 2.75) is 31.6 Å². The van der Waals surface area contributed by atoms with Crippen LogP contribution < -0.4 is 5.32 Å². The van der Waals surface area contributed by atoms with Crippen molar-refractivity contribution in [1.29, 1.82) is 0 Å². The van der Waals surface area contributed by atoms with E-state index in [-0.39, 0.29) is 29.7 Å². The zero-order valence-electron chi connectivity index (χ0n) is 17.5. The quantitative estimate of drug-likeness (QED) is 0.299. The van der Waals surface area contributed by atoms with E-state index in [4.69, 9.17) is 9.52 Å². The number of aliphatic imine (C=N–C) groups is 1. The SMILES string of the molecule is CCNC(=NCC(C1CC1)N(C)C)N1CCN(S(=O)(=O)Cc2ccon2)CC1.I. The van der Waals surface area contributed by atoms with Crippen LogP contribution in [-0.2, 0) is 15.8 Å². The number of sulfonamides is 1. The zero-order chi connectivity index (χ0) is 20.1. The van der Waals surface area contributed by atoms with Gasteiger partial charge in [-0.05, 0) is 39.8 Å². The van der Waals surface area contributed by atoms with Crippen molar-refractivity contribution in [2.75, 3.05) is 53.4 Å². The van der Waals surface area contributed by atoms with E-state index in [1.54, 1.807) is 6.07 Å². The number of nitrogens with zero attached hydrogens (tertiary/aromatic N) is 5. The van der Waals surface area contributed by atoms with E-state index in [0.29, 0.717) is 37.9 Å². The molecule has 2 fully saturated rings. The number of rotatable bonds is 8. The van der Waals surface area contributed by atoms with Crippen molar-refractivity contribution in [2.24, 2.45) is 10.9 Å². The average Bonchev–Trinajstić information content (AvgIpc) is 3.37. The molecule has 1 atom stereocenters. The highest BCUT2D eigenvalue weighted by Crippen LogP contribution is 2.34. The Kier molecular flexibility index (Phi) is 9.16. The number of hydrogen-bond acceptors (Lipinski definition) is 6. The maximum absolute atomic E-state index is 12.6. The minimum Gasteiger partial charge on any atom is -0.364 e. The van der Waals surface area contributed by atoms with Crippen molar-refractivity contribution < 1.29 is 12.9 Å². The molecule has 2 aliphatic rings. The Morgan fingerprint density at radius 1 is 1.34 bits per heavy atom. The number of piperazine rings is 1. The minimum atomic E-state index is -3.39. The Morgan fingerprint density at radius 2 is 2.03 bits per heavy atom. The van der Waals surface area contributed by atoms with E-state index in [9.17, 15) is 8.42 Å². The van der Waals surface area contributed by atoms with E-state index in [0.717, 1.165) is 25.0 Å². The summed E-state index contributed by atoms with van der Waals surface area (Å²) >= 11 is 0. The molecule has 1 aromatic heterocycles. The molecule has 1 unspecified atom stereocenters. The fraction of sp³-hybridized carbons (Fsp3) is 0.778. The Hall–Kier alpha value is -0.920. The summed E-state index contributed by atoms with van der Waals surface area (Å²) in [5.74, 6) is 1.51. The summed E-state index contributed by atoms with van der Waals surface area (Å²) in [6.45, 7) is 5.76. The van der Waals surface area contributed by atoms with Gasteiger partial charge in [0.25, 0.3) is 0 Å². The van der Waals surface area contributed by atoms with E-state index in [1.807, 2.05) is 0 Å². The molecule has 0 spiro atoms. The third kappa shape index (κ3) is 6.79. The smallest absolute Gasteiger partial charge is 0.220 e. The Balaban J connectivity index is 0.00000300. The van der Waals surface area contributed by atoms with Crippen molar-refractivity contribution in [3.8, 4) is 0 Å². The number of aromatic nitrogens is 1. The van der Waals surface area contributed by atoms with Gasteiger partial charge in [-0.25, -0.2) is 8.42 Å². The molecule has 1 aliphatic carbocycles. The van der Waals surface area contributed by atoms with Gasteiger partial charge >= 0.3 is 0 Å². The van der Waals surface area contributed by atoms with E-state index >= 15 is 0 Å². The van der Waals surface area contributed by atoms with E-state index in [1.165, 1.54) is 23.4 Å². The van der Waals surface area contributed by atoms with Crippen LogP contribution in [0.15, 0.2) is 21.8 Å². The first kappa shape index (κ1) is 24.4. The zero-order valence-corrected chi connectivity index (χ0v) is 20.6. The lowest BCUT2D eigenvalue weighted by atomic mass is 10.2. The lowest BCUT2D eigenvalue weighted by Crippen LogP contribution is -2.54. The van der Waals surface area contributed by atoms with Gasteiger partial charge in [0.2, 0.25) is 10.0 Å². The molecule has 9 nitrogen and oxygen atoms in total.